The van der Waals surface area contributed by atoms with Crippen LogP contribution in [0.5, 0.6) is 0 Å². The van der Waals surface area contributed by atoms with Crippen molar-refractivity contribution in [3.63, 3.8) is 0 Å². The zero-order valence-corrected chi connectivity index (χ0v) is 10.4. The molecular weight excluding hydrogens is 254 g/mol. The highest BCUT2D eigenvalue weighted by atomic mass is 16.2. The molecule has 0 bridgehead atoms. The summed E-state index contributed by atoms with van der Waals surface area (Å²) in [5.74, 6) is 0.392. The number of pyridine rings is 1. The van der Waals surface area contributed by atoms with E-state index < -0.39 is 0 Å². The van der Waals surface area contributed by atoms with E-state index in [0.717, 1.165) is 10.8 Å². The third kappa shape index (κ3) is 2.54. The Kier molecular flexibility index (Phi) is 3.20. The van der Waals surface area contributed by atoms with Crippen molar-refractivity contribution in [2.24, 2.45) is 0 Å². The van der Waals surface area contributed by atoms with Crippen LogP contribution in [0.3, 0.4) is 0 Å². The maximum absolute atomic E-state index is 11.9. The number of nitrogens with one attached hydrogen (secondary N) is 2. The van der Waals surface area contributed by atoms with Gasteiger partial charge in [0.1, 0.15) is 0 Å². The molecule has 0 saturated heterocycles. The first kappa shape index (κ1) is 12.0. The van der Waals surface area contributed by atoms with Crippen LogP contribution < -0.4 is 10.6 Å². The van der Waals surface area contributed by atoms with Crippen LogP contribution >= 0.6 is 0 Å². The van der Waals surface area contributed by atoms with Crippen molar-refractivity contribution < 1.29 is 4.79 Å². The average Bonchev–Trinajstić information content (AvgIpc) is 2.48. The molecule has 0 atom stereocenters. The topological polar surface area (TPSA) is 79.8 Å². The van der Waals surface area contributed by atoms with Gasteiger partial charge in [-0.3, -0.25) is 15.3 Å². The van der Waals surface area contributed by atoms with Gasteiger partial charge in [0.05, 0.1) is 11.9 Å². The third-order valence-electron chi connectivity index (χ3n) is 2.74. The maximum atomic E-state index is 11.9. The van der Waals surface area contributed by atoms with Crippen LogP contribution in [-0.2, 0) is 0 Å². The molecule has 0 radical (unpaired) electrons. The second-order valence-corrected chi connectivity index (χ2v) is 4.07. The number of anilines is 2. The first-order chi connectivity index (χ1) is 9.83. The number of urea groups is 1. The molecule has 1 aromatic carbocycles. The monoisotopic (exact) mass is 265 g/mol. The molecule has 20 heavy (non-hydrogen) atoms. The van der Waals surface area contributed by atoms with Crippen molar-refractivity contribution in [3.8, 4) is 0 Å². The van der Waals surface area contributed by atoms with E-state index in [0.29, 0.717) is 11.5 Å². The summed E-state index contributed by atoms with van der Waals surface area (Å²) in [5.41, 5.74) is 0.692. The van der Waals surface area contributed by atoms with Crippen LogP contribution in [0, 0.1) is 0 Å². The van der Waals surface area contributed by atoms with Crippen LogP contribution in [0.25, 0.3) is 10.8 Å². The summed E-state index contributed by atoms with van der Waals surface area (Å²) < 4.78 is 0. The molecule has 6 heteroatoms. The molecule has 0 saturated carbocycles. The second-order valence-electron chi connectivity index (χ2n) is 4.07. The number of aromatic nitrogens is 3. The van der Waals surface area contributed by atoms with Crippen molar-refractivity contribution >= 4 is 28.3 Å². The molecule has 3 aromatic rings. The van der Waals surface area contributed by atoms with E-state index in [1.807, 2.05) is 24.3 Å². The van der Waals surface area contributed by atoms with E-state index in [1.54, 1.807) is 18.6 Å². The molecule has 3 rings (SSSR count). The van der Waals surface area contributed by atoms with Gasteiger partial charge in [-0.05, 0) is 17.5 Å². The van der Waals surface area contributed by atoms with Gasteiger partial charge >= 0.3 is 6.03 Å². The minimum absolute atomic E-state index is 0.373. The van der Waals surface area contributed by atoms with Gasteiger partial charge in [0.2, 0.25) is 0 Å². The van der Waals surface area contributed by atoms with E-state index in [9.17, 15) is 4.79 Å². The number of hydrogen-bond acceptors (Lipinski definition) is 4. The van der Waals surface area contributed by atoms with Crippen molar-refractivity contribution in [2.75, 3.05) is 10.6 Å². The number of hydrogen-bond donors (Lipinski definition) is 2. The molecule has 0 aliphatic heterocycles. The van der Waals surface area contributed by atoms with Crippen LogP contribution in [0.15, 0.2) is 55.2 Å². The molecule has 0 fully saturated rings. The van der Waals surface area contributed by atoms with Crippen LogP contribution in [-0.4, -0.2) is 21.0 Å². The predicted molar refractivity (Wildman–Crippen MR) is 76.4 cm³/mol. The number of benzene rings is 1. The highest BCUT2D eigenvalue weighted by Gasteiger charge is 2.06. The fourth-order valence-corrected chi connectivity index (χ4v) is 1.86. The van der Waals surface area contributed by atoms with E-state index >= 15 is 0 Å². The summed E-state index contributed by atoms with van der Waals surface area (Å²) >= 11 is 0. The largest absolute Gasteiger partial charge is 0.324 e. The zero-order chi connectivity index (χ0) is 13.8. The lowest BCUT2D eigenvalue weighted by molar-refractivity contribution is 0.262. The number of amides is 2. The van der Waals surface area contributed by atoms with E-state index in [1.165, 1.54) is 12.4 Å². The molecule has 2 N–H and O–H groups in total. The van der Waals surface area contributed by atoms with Gasteiger partial charge in [0, 0.05) is 30.2 Å². The number of carbonyl (C=O) groups excluding carboxylic acids is 1. The standard InChI is InChI=1S/C14H11N5O/c20-14(19-13-9-16-6-7-17-13)18-12-3-1-2-10-4-5-15-8-11(10)12/h1-9H,(H2,17,18,19,20). The van der Waals surface area contributed by atoms with Crippen LogP contribution in [0.4, 0.5) is 16.3 Å². The molecule has 6 nitrogen and oxygen atoms in total. The van der Waals surface area contributed by atoms with Gasteiger partial charge < -0.3 is 5.32 Å². The second kappa shape index (κ2) is 5.31. The van der Waals surface area contributed by atoms with E-state index in [2.05, 4.69) is 25.6 Å². The Morgan fingerprint density at radius 1 is 0.950 bits per heavy atom. The summed E-state index contributed by atoms with van der Waals surface area (Å²) in [4.78, 5) is 23.8. The summed E-state index contributed by atoms with van der Waals surface area (Å²) in [5, 5.41) is 7.28. The van der Waals surface area contributed by atoms with Gasteiger partial charge in [-0.25, -0.2) is 9.78 Å². The van der Waals surface area contributed by atoms with Gasteiger partial charge in [-0.1, -0.05) is 12.1 Å². The molecule has 2 amide bonds. The van der Waals surface area contributed by atoms with Gasteiger partial charge in [0.15, 0.2) is 5.82 Å². The zero-order valence-electron chi connectivity index (χ0n) is 10.4. The van der Waals surface area contributed by atoms with Crippen molar-refractivity contribution in [2.45, 2.75) is 0 Å². The first-order valence-corrected chi connectivity index (χ1v) is 6.00. The molecule has 2 aromatic heterocycles. The fourth-order valence-electron chi connectivity index (χ4n) is 1.86. The minimum Gasteiger partial charge on any atom is -0.307 e. The number of fused-ring (bicyclic) bond motifs is 1. The minimum atomic E-state index is -0.373. The number of rotatable bonds is 2. The van der Waals surface area contributed by atoms with Gasteiger partial charge in [-0.2, -0.15) is 0 Å². The van der Waals surface area contributed by atoms with Crippen LogP contribution in [0.1, 0.15) is 0 Å². The Hall–Kier alpha value is -3.02. The Bertz CT molecular complexity index is 739. The lowest BCUT2D eigenvalue weighted by Crippen LogP contribution is -2.20. The summed E-state index contributed by atoms with van der Waals surface area (Å²) in [6.07, 6.45) is 7.96. The summed E-state index contributed by atoms with van der Waals surface area (Å²) in [7, 11) is 0. The number of nitrogens with zero attached hydrogens (tertiary/aromatic N) is 3. The average molecular weight is 265 g/mol. The maximum Gasteiger partial charge on any atom is 0.324 e. The van der Waals surface area contributed by atoms with Crippen LogP contribution in [0.2, 0.25) is 0 Å². The molecular formula is C14H11N5O. The molecule has 0 aliphatic carbocycles. The lowest BCUT2D eigenvalue weighted by atomic mass is 10.1. The van der Waals surface area contributed by atoms with E-state index in [-0.39, 0.29) is 6.03 Å². The molecule has 0 aliphatic rings. The quantitative estimate of drug-likeness (QED) is 0.746. The van der Waals surface area contributed by atoms with Gasteiger partial charge in [-0.15, -0.1) is 0 Å². The lowest BCUT2D eigenvalue weighted by Gasteiger charge is -2.09. The highest BCUT2D eigenvalue weighted by Crippen LogP contribution is 2.22. The molecule has 0 spiro atoms. The van der Waals surface area contributed by atoms with Crippen molar-refractivity contribution in [1.82, 2.24) is 15.0 Å². The van der Waals surface area contributed by atoms with Crippen molar-refractivity contribution in [3.05, 3.63) is 55.2 Å². The number of carbonyl (C=O) groups is 1. The molecule has 2 heterocycles. The normalized spacial score (nSPS) is 10.2. The Balaban J connectivity index is 1.81. The Morgan fingerprint density at radius 2 is 1.85 bits per heavy atom. The fraction of sp³-hybridized carbons (Fsp3) is 0. The highest BCUT2D eigenvalue weighted by molar-refractivity contribution is 6.05. The summed E-state index contributed by atoms with van der Waals surface area (Å²) in [6, 6.07) is 7.17. The van der Waals surface area contributed by atoms with Crippen molar-refractivity contribution in [1.29, 1.82) is 0 Å². The van der Waals surface area contributed by atoms with Gasteiger partial charge in [0.25, 0.3) is 0 Å². The molecule has 98 valence electrons. The van der Waals surface area contributed by atoms with E-state index in [4.69, 9.17) is 0 Å². The first-order valence-electron chi connectivity index (χ1n) is 6.00. The summed E-state index contributed by atoms with van der Waals surface area (Å²) in [6.45, 7) is 0. The Labute approximate surface area is 114 Å². The Morgan fingerprint density at radius 3 is 2.70 bits per heavy atom. The third-order valence-corrected chi connectivity index (χ3v) is 2.74. The molecule has 0 unspecified atom stereocenters. The SMILES string of the molecule is O=C(Nc1cnccn1)Nc1cccc2ccncc12. The smallest absolute Gasteiger partial charge is 0.307 e. The predicted octanol–water partition coefficient (Wildman–Crippen LogP) is 2.67.